The fraction of sp³-hybridized carbons (Fsp3) is 0.438. The van der Waals surface area contributed by atoms with E-state index in [1.165, 1.54) is 10.9 Å². The summed E-state index contributed by atoms with van der Waals surface area (Å²) >= 11 is 0. The lowest BCUT2D eigenvalue weighted by Crippen LogP contribution is -2.32. The second-order valence-electron chi connectivity index (χ2n) is 5.29. The van der Waals surface area contributed by atoms with Gasteiger partial charge in [0.15, 0.2) is 0 Å². The molecule has 1 aromatic carbocycles. The number of nitrogens with zero attached hydrogens (tertiary/aromatic N) is 1. The lowest BCUT2D eigenvalue weighted by Gasteiger charge is -2.27. The molecule has 3 unspecified atom stereocenters. The molecule has 1 N–H and O–H groups in total. The van der Waals surface area contributed by atoms with E-state index in [2.05, 4.69) is 41.5 Å². The fourth-order valence-corrected chi connectivity index (χ4v) is 3.04. The highest BCUT2D eigenvalue weighted by atomic mass is 16.5. The summed E-state index contributed by atoms with van der Waals surface area (Å²) in [5.74, 6) is 0.587. The molecule has 2 heterocycles. The standard InChI is InChI=1S/C16H20N2O/c1-11-8-10-19-16(11)15(17-2)13-5-3-7-14-12(13)6-4-9-18-14/h3-7,9,11,15-17H,8,10H2,1-2H3. The van der Waals surface area contributed by atoms with Gasteiger partial charge in [-0.05, 0) is 37.1 Å². The zero-order chi connectivity index (χ0) is 13.2. The van der Waals surface area contributed by atoms with Gasteiger partial charge in [-0.3, -0.25) is 4.98 Å². The van der Waals surface area contributed by atoms with Gasteiger partial charge in [0.05, 0.1) is 17.7 Å². The number of ether oxygens (including phenoxy) is 1. The van der Waals surface area contributed by atoms with Gasteiger partial charge < -0.3 is 10.1 Å². The minimum absolute atomic E-state index is 0.227. The lowest BCUT2D eigenvalue weighted by atomic mass is 9.90. The molecule has 0 bridgehead atoms. The van der Waals surface area contributed by atoms with Crippen LogP contribution in [0.3, 0.4) is 0 Å². The predicted molar refractivity (Wildman–Crippen MR) is 77.1 cm³/mol. The Labute approximate surface area is 114 Å². The zero-order valence-electron chi connectivity index (χ0n) is 11.5. The molecule has 0 amide bonds. The Balaban J connectivity index is 2.06. The van der Waals surface area contributed by atoms with Crippen LogP contribution in [0.1, 0.15) is 24.9 Å². The van der Waals surface area contributed by atoms with Crippen molar-refractivity contribution in [2.75, 3.05) is 13.7 Å². The molecule has 0 spiro atoms. The minimum Gasteiger partial charge on any atom is -0.376 e. The molecule has 19 heavy (non-hydrogen) atoms. The second kappa shape index (κ2) is 5.27. The fourth-order valence-electron chi connectivity index (χ4n) is 3.04. The predicted octanol–water partition coefficient (Wildman–Crippen LogP) is 2.92. The quantitative estimate of drug-likeness (QED) is 0.917. The van der Waals surface area contributed by atoms with Gasteiger partial charge in [-0.2, -0.15) is 0 Å². The molecule has 1 aromatic heterocycles. The van der Waals surface area contributed by atoms with Crippen molar-refractivity contribution in [1.82, 2.24) is 10.3 Å². The molecule has 1 saturated heterocycles. The van der Waals surface area contributed by atoms with Gasteiger partial charge in [-0.15, -0.1) is 0 Å². The first kappa shape index (κ1) is 12.6. The molecule has 0 saturated carbocycles. The Bertz CT molecular complexity index is 564. The van der Waals surface area contributed by atoms with Crippen LogP contribution < -0.4 is 5.32 Å². The SMILES string of the molecule is CNC(c1cccc2ncccc12)C1OCCC1C. The van der Waals surface area contributed by atoms with Crippen LogP contribution in [0.2, 0.25) is 0 Å². The summed E-state index contributed by atoms with van der Waals surface area (Å²) in [5.41, 5.74) is 2.33. The average Bonchev–Trinajstić information content (AvgIpc) is 2.86. The second-order valence-corrected chi connectivity index (χ2v) is 5.29. The summed E-state index contributed by atoms with van der Waals surface area (Å²) in [5, 5.41) is 4.64. The average molecular weight is 256 g/mol. The number of pyridine rings is 1. The first-order valence-corrected chi connectivity index (χ1v) is 6.94. The Morgan fingerprint density at radius 2 is 2.21 bits per heavy atom. The Kier molecular flexibility index (Phi) is 3.49. The van der Waals surface area contributed by atoms with Gasteiger partial charge in [0, 0.05) is 18.2 Å². The summed E-state index contributed by atoms with van der Waals surface area (Å²) in [6.45, 7) is 3.14. The minimum atomic E-state index is 0.227. The molecular weight excluding hydrogens is 236 g/mol. The molecule has 3 rings (SSSR count). The first-order valence-electron chi connectivity index (χ1n) is 6.94. The number of nitrogens with one attached hydrogen (secondary N) is 1. The van der Waals surface area contributed by atoms with Crippen LogP contribution in [-0.2, 0) is 4.74 Å². The first-order chi connectivity index (χ1) is 9.31. The van der Waals surface area contributed by atoms with Crippen LogP contribution in [0, 0.1) is 5.92 Å². The van der Waals surface area contributed by atoms with Gasteiger partial charge in [0.25, 0.3) is 0 Å². The molecule has 1 aliphatic rings. The number of likely N-dealkylation sites (N-methyl/N-ethyl adjacent to an activating group) is 1. The van der Waals surface area contributed by atoms with Gasteiger partial charge >= 0.3 is 0 Å². The van der Waals surface area contributed by atoms with E-state index in [9.17, 15) is 0 Å². The van der Waals surface area contributed by atoms with Crippen molar-refractivity contribution in [2.45, 2.75) is 25.5 Å². The maximum atomic E-state index is 5.94. The summed E-state index contributed by atoms with van der Waals surface area (Å²) in [7, 11) is 2.01. The maximum Gasteiger partial charge on any atom is 0.0796 e. The number of rotatable bonds is 3. The highest BCUT2D eigenvalue weighted by Gasteiger charge is 2.32. The van der Waals surface area contributed by atoms with E-state index in [4.69, 9.17) is 4.74 Å². The van der Waals surface area contributed by atoms with E-state index in [1.807, 2.05) is 19.3 Å². The van der Waals surface area contributed by atoms with E-state index in [1.54, 1.807) is 0 Å². The van der Waals surface area contributed by atoms with E-state index in [0.29, 0.717) is 5.92 Å². The van der Waals surface area contributed by atoms with Crippen LogP contribution >= 0.6 is 0 Å². The molecule has 0 radical (unpaired) electrons. The van der Waals surface area contributed by atoms with Crippen LogP contribution in [0.5, 0.6) is 0 Å². The van der Waals surface area contributed by atoms with Crippen molar-refractivity contribution in [3.8, 4) is 0 Å². The number of benzene rings is 1. The Morgan fingerprint density at radius 1 is 1.32 bits per heavy atom. The number of aromatic nitrogens is 1. The van der Waals surface area contributed by atoms with Crippen molar-refractivity contribution in [3.05, 3.63) is 42.1 Å². The summed E-state index contributed by atoms with van der Waals surface area (Å²) in [4.78, 5) is 4.44. The maximum absolute atomic E-state index is 5.94. The molecule has 0 aliphatic carbocycles. The van der Waals surface area contributed by atoms with E-state index in [0.717, 1.165) is 18.5 Å². The monoisotopic (exact) mass is 256 g/mol. The van der Waals surface area contributed by atoms with Crippen molar-refractivity contribution in [3.63, 3.8) is 0 Å². The van der Waals surface area contributed by atoms with E-state index in [-0.39, 0.29) is 12.1 Å². The Morgan fingerprint density at radius 3 is 2.95 bits per heavy atom. The molecule has 3 heteroatoms. The third-order valence-corrected chi connectivity index (χ3v) is 4.10. The molecule has 1 fully saturated rings. The normalized spacial score (nSPS) is 24.7. The number of hydrogen-bond donors (Lipinski definition) is 1. The van der Waals surface area contributed by atoms with Gasteiger partial charge in [-0.25, -0.2) is 0 Å². The van der Waals surface area contributed by atoms with Crippen LogP contribution in [0.25, 0.3) is 10.9 Å². The smallest absolute Gasteiger partial charge is 0.0796 e. The Hall–Kier alpha value is -1.45. The molecule has 1 aliphatic heterocycles. The topological polar surface area (TPSA) is 34.2 Å². The van der Waals surface area contributed by atoms with Crippen molar-refractivity contribution in [2.24, 2.45) is 5.92 Å². The number of fused-ring (bicyclic) bond motifs is 1. The largest absolute Gasteiger partial charge is 0.376 e. The van der Waals surface area contributed by atoms with Crippen LogP contribution in [0.4, 0.5) is 0 Å². The summed E-state index contributed by atoms with van der Waals surface area (Å²) < 4.78 is 5.94. The van der Waals surface area contributed by atoms with Crippen molar-refractivity contribution in [1.29, 1.82) is 0 Å². The lowest BCUT2D eigenvalue weighted by molar-refractivity contribution is 0.0635. The third-order valence-electron chi connectivity index (χ3n) is 4.10. The highest BCUT2D eigenvalue weighted by Crippen LogP contribution is 2.33. The molecule has 100 valence electrons. The molecule has 3 nitrogen and oxygen atoms in total. The van der Waals surface area contributed by atoms with Crippen molar-refractivity contribution >= 4 is 10.9 Å². The van der Waals surface area contributed by atoms with Crippen LogP contribution in [0.15, 0.2) is 36.5 Å². The van der Waals surface area contributed by atoms with Gasteiger partial charge in [0.1, 0.15) is 0 Å². The van der Waals surface area contributed by atoms with E-state index >= 15 is 0 Å². The van der Waals surface area contributed by atoms with Gasteiger partial charge in [-0.1, -0.05) is 25.1 Å². The van der Waals surface area contributed by atoms with Crippen LogP contribution in [-0.4, -0.2) is 24.7 Å². The number of hydrogen-bond acceptors (Lipinski definition) is 3. The van der Waals surface area contributed by atoms with Crippen molar-refractivity contribution < 1.29 is 4.74 Å². The molecule has 3 atom stereocenters. The summed E-state index contributed by atoms with van der Waals surface area (Å²) in [6, 6.07) is 10.7. The molecular formula is C16H20N2O. The van der Waals surface area contributed by atoms with Gasteiger partial charge in [0.2, 0.25) is 0 Å². The van der Waals surface area contributed by atoms with E-state index < -0.39 is 0 Å². The third kappa shape index (κ3) is 2.24. The highest BCUT2D eigenvalue weighted by molar-refractivity contribution is 5.82. The summed E-state index contributed by atoms with van der Waals surface area (Å²) in [6.07, 6.45) is 3.23. The zero-order valence-corrected chi connectivity index (χ0v) is 11.5. The molecule has 2 aromatic rings.